The van der Waals surface area contributed by atoms with Gasteiger partial charge in [0.15, 0.2) is 5.65 Å². The fourth-order valence-electron chi connectivity index (χ4n) is 2.92. The van der Waals surface area contributed by atoms with Gasteiger partial charge in [0.25, 0.3) is 10.0 Å². The SMILES string of the molecule is CC(C)(C)OC(=O)C=Cc1cnc2c(ccn2S(=O)(=O)c2ccccc2C=CC(=O)O)c1. The van der Waals surface area contributed by atoms with Crippen LogP contribution in [0.2, 0.25) is 0 Å². The van der Waals surface area contributed by atoms with Crippen molar-refractivity contribution in [3.05, 3.63) is 72.1 Å². The number of carboxylic acids is 1. The number of hydrogen-bond acceptors (Lipinski definition) is 6. The van der Waals surface area contributed by atoms with Crippen molar-refractivity contribution in [3.63, 3.8) is 0 Å². The molecule has 2 heterocycles. The second kappa shape index (κ2) is 8.80. The van der Waals surface area contributed by atoms with Crippen LogP contribution in [0.15, 0.2) is 65.8 Å². The Balaban J connectivity index is 1.96. The number of rotatable bonds is 6. The van der Waals surface area contributed by atoms with Gasteiger partial charge < -0.3 is 9.84 Å². The van der Waals surface area contributed by atoms with Crippen LogP contribution >= 0.6 is 0 Å². The molecular formula is C23H22N2O6S. The zero-order valence-corrected chi connectivity index (χ0v) is 18.5. The summed E-state index contributed by atoms with van der Waals surface area (Å²) < 4.78 is 32.8. The lowest BCUT2D eigenvalue weighted by molar-refractivity contribution is -0.148. The largest absolute Gasteiger partial charge is 0.478 e. The Bertz CT molecular complexity index is 1340. The Hall–Kier alpha value is -3.72. The van der Waals surface area contributed by atoms with Crippen LogP contribution in [0.4, 0.5) is 0 Å². The molecule has 32 heavy (non-hydrogen) atoms. The van der Waals surface area contributed by atoms with Gasteiger partial charge in [-0.2, -0.15) is 0 Å². The monoisotopic (exact) mass is 454 g/mol. The van der Waals surface area contributed by atoms with Crippen LogP contribution in [0.5, 0.6) is 0 Å². The molecule has 0 aliphatic rings. The molecule has 0 spiro atoms. The molecular weight excluding hydrogens is 432 g/mol. The van der Waals surface area contributed by atoms with Crippen molar-refractivity contribution in [2.75, 3.05) is 0 Å². The van der Waals surface area contributed by atoms with Crippen molar-refractivity contribution in [2.45, 2.75) is 31.3 Å². The maximum Gasteiger partial charge on any atom is 0.331 e. The van der Waals surface area contributed by atoms with Crippen LogP contribution in [-0.4, -0.2) is 40.0 Å². The topological polar surface area (TPSA) is 116 Å². The number of carbonyl (C=O) groups excluding carboxylic acids is 1. The van der Waals surface area contributed by atoms with Crippen molar-refractivity contribution in [1.82, 2.24) is 8.96 Å². The molecule has 0 saturated heterocycles. The lowest BCUT2D eigenvalue weighted by Crippen LogP contribution is -2.22. The maximum absolute atomic E-state index is 13.3. The minimum atomic E-state index is -4.04. The summed E-state index contributed by atoms with van der Waals surface area (Å²) in [6.07, 6.45) is 7.76. The first-order valence-electron chi connectivity index (χ1n) is 9.61. The Morgan fingerprint density at radius 3 is 2.50 bits per heavy atom. The molecule has 166 valence electrons. The van der Waals surface area contributed by atoms with Crippen LogP contribution in [0, 0.1) is 0 Å². The lowest BCUT2D eigenvalue weighted by Gasteiger charge is -2.17. The summed E-state index contributed by atoms with van der Waals surface area (Å²) in [4.78, 5) is 26.9. The molecule has 1 aromatic carbocycles. The maximum atomic E-state index is 13.3. The Morgan fingerprint density at radius 1 is 1.09 bits per heavy atom. The smallest absolute Gasteiger partial charge is 0.331 e. The number of hydrogen-bond donors (Lipinski definition) is 1. The van der Waals surface area contributed by atoms with Crippen molar-refractivity contribution < 1.29 is 27.9 Å². The molecule has 0 bridgehead atoms. The number of carboxylic acid groups (broad SMARTS) is 1. The van der Waals surface area contributed by atoms with E-state index in [1.165, 1.54) is 36.7 Å². The van der Waals surface area contributed by atoms with E-state index >= 15 is 0 Å². The molecule has 9 heteroatoms. The lowest BCUT2D eigenvalue weighted by atomic mass is 10.2. The highest BCUT2D eigenvalue weighted by atomic mass is 32.2. The number of esters is 1. The number of fused-ring (bicyclic) bond motifs is 1. The highest BCUT2D eigenvalue weighted by Gasteiger charge is 2.22. The third-order valence-electron chi connectivity index (χ3n) is 4.19. The predicted octanol–water partition coefficient (Wildman–Crippen LogP) is 3.73. The minimum absolute atomic E-state index is 0.0503. The molecule has 0 saturated carbocycles. The van der Waals surface area contributed by atoms with E-state index in [1.807, 2.05) is 0 Å². The number of pyridine rings is 1. The summed E-state index contributed by atoms with van der Waals surface area (Å²) in [5.41, 5.74) is 0.443. The molecule has 0 unspecified atom stereocenters. The molecule has 2 aromatic heterocycles. The first-order chi connectivity index (χ1) is 15.0. The zero-order chi connectivity index (χ0) is 23.5. The van der Waals surface area contributed by atoms with Gasteiger partial charge >= 0.3 is 11.9 Å². The fraction of sp³-hybridized carbons (Fsp3) is 0.174. The number of nitrogens with zero attached hydrogens (tertiary/aromatic N) is 2. The van der Waals surface area contributed by atoms with Gasteiger partial charge in [-0.25, -0.2) is 27.0 Å². The number of carbonyl (C=O) groups is 2. The quantitative estimate of drug-likeness (QED) is 0.446. The number of benzene rings is 1. The van der Waals surface area contributed by atoms with E-state index < -0.39 is 27.6 Å². The van der Waals surface area contributed by atoms with Gasteiger partial charge in [0, 0.05) is 29.9 Å². The standard InChI is InChI=1S/C23H22N2O6S/c1-23(2,3)31-21(28)11-8-16-14-18-12-13-25(22(18)24-15-16)32(29,30)19-7-5-4-6-17(19)9-10-20(26)27/h4-15H,1-3H3,(H,26,27). The Kier molecular flexibility index (Phi) is 6.31. The first kappa shape index (κ1) is 23.0. The van der Waals surface area contributed by atoms with Gasteiger partial charge in [0.05, 0.1) is 4.90 Å². The van der Waals surface area contributed by atoms with Gasteiger partial charge in [0.1, 0.15) is 5.60 Å². The first-order valence-corrected chi connectivity index (χ1v) is 11.1. The van der Waals surface area contributed by atoms with E-state index in [-0.39, 0.29) is 16.1 Å². The predicted molar refractivity (Wildman–Crippen MR) is 120 cm³/mol. The fourth-order valence-corrected chi connectivity index (χ4v) is 4.42. The van der Waals surface area contributed by atoms with E-state index in [1.54, 1.807) is 51.1 Å². The third kappa shape index (κ3) is 5.30. The summed E-state index contributed by atoms with van der Waals surface area (Å²) >= 11 is 0. The summed E-state index contributed by atoms with van der Waals surface area (Å²) in [7, 11) is -4.04. The number of ether oxygens (including phenoxy) is 1. The highest BCUT2D eigenvalue weighted by Crippen LogP contribution is 2.25. The van der Waals surface area contributed by atoms with E-state index in [0.29, 0.717) is 10.9 Å². The molecule has 8 nitrogen and oxygen atoms in total. The molecule has 1 N–H and O–H groups in total. The van der Waals surface area contributed by atoms with E-state index in [4.69, 9.17) is 9.84 Å². The molecule has 3 rings (SSSR count). The molecule has 0 aliphatic carbocycles. The average molecular weight is 455 g/mol. The third-order valence-corrected chi connectivity index (χ3v) is 5.93. The minimum Gasteiger partial charge on any atom is -0.478 e. The van der Waals surface area contributed by atoms with Gasteiger partial charge in [-0.05, 0) is 62.2 Å². The van der Waals surface area contributed by atoms with Crippen LogP contribution in [0.1, 0.15) is 31.9 Å². The molecule has 0 fully saturated rings. The number of aliphatic carboxylic acids is 1. The van der Waals surface area contributed by atoms with E-state index in [9.17, 15) is 18.0 Å². The summed E-state index contributed by atoms with van der Waals surface area (Å²) in [6.45, 7) is 5.31. The second-order valence-electron chi connectivity index (χ2n) is 7.87. The molecule has 0 atom stereocenters. The summed E-state index contributed by atoms with van der Waals surface area (Å²) in [6, 6.07) is 9.40. The van der Waals surface area contributed by atoms with E-state index in [2.05, 4.69) is 4.98 Å². The molecule has 3 aromatic rings. The van der Waals surface area contributed by atoms with Gasteiger partial charge in [0.2, 0.25) is 0 Å². The normalized spacial score (nSPS) is 12.6. The van der Waals surface area contributed by atoms with Crippen LogP contribution in [0.25, 0.3) is 23.2 Å². The Labute approximate surface area is 185 Å². The zero-order valence-electron chi connectivity index (χ0n) is 17.7. The van der Waals surface area contributed by atoms with Gasteiger partial charge in [-0.15, -0.1) is 0 Å². The summed E-state index contributed by atoms with van der Waals surface area (Å²) in [5.74, 6) is -1.68. The van der Waals surface area contributed by atoms with Crippen molar-refractivity contribution in [2.24, 2.45) is 0 Å². The van der Waals surface area contributed by atoms with Crippen LogP contribution in [-0.2, 0) is 24.3 Å². The van der Waals surface area contributed by atoms with Crippen LogP contribution in [0.3, 0.4) is 0 Å². The highest BCUT2D eigenvalue weighted by molar-refractivity contribution is 7.90. The van der Waals surface area contributed by atoms with Crippen molar-refractivity contribution in [3.8, 4) is 0 Å². The van der Waals surface area contributed by atoms with E-state index in [0.717, 1.165) is 10.0 Å². The van der Waals surface area contributed by atoms with Crippen LogP contribution < -0.4 is 0 Å². The van der Waals surface area contributed by atoms with Gasteiger partial charge in [-0.1, -0.05) is 18.2 Å². The Morgan fingerprint density at radius 2 is 1.81 bits per heavy atom. The summed E-state index contributed by atoms with van der Waals surface area (Å²) in [5, 5.41) is 9.42. The molecule has 0 aliphatic heterocycles. The molecule has 0 amide bonds. The average Bonchev–Trinajstić information content (AvgIpc) is 3.14. The second-order valence-corrected chi connectivity index (χ2v) is 9.66. The number of aromatic nitrogens is 2. The molecule has 0 radical (unpaired) electrons. The van der Waals surface area contributed by atoms with Crippen molar-refractivity contribution >= 4 is 45.1 Å². The van der Waals surface area contributed by atoms with Gasteiger partial charge in [-0.3, -0.25) is 0 Å². The van der Waals surface area contributed by atoms with Crippen molar-refractivity contribution in [1.29, 1.82) is 0 Å².